The average molecular weight is 524 g/mol. The third-order valence-electron chi connectivity index (χ3n) is 7.09. The Labute approximate surface area is 218 Å². The molecule has 2 aliphatic heterocycles. The molecule has 36 heavy (non-hydrogen) atoms. The zero-order chi connectivity index (χ0) is 25.0. The predicted molar refractivity (Wildman–Crippen MR) is 138 cm³/mol. The second-order valence-corrected chi connectivity index (χ2v) is 9.87. The van der Waals surface area contributed by atoms with Gasteiger partial charge in [0.15, 0.2) is 28.8 Å². The van der Waals surface area contributed by atoms with E-state index in [2.05, 4.69) is 5.32 Å². The number of anilines is 1. The maximum atomic E-state index is 13.8. The normalized spacial score (nSPS) is 19.9. The second-order valence-electron chi connectivity index (χ2n) is 9.06. The molecule has 0 unspecified atom stereocenters. The second kappa shape index (κ2) is 8.95. The van der Waals surface area contributed by atoms with Gasteiger partial charge in [-0.2, -0.15) is 0 Å². The molecule has 0 saturated heterocycles. The molecule has 0 aromatic heterocycles. The highest BCUT2D eigenvalue weighted by Crippen LogP contribution is 2.52. The number of ketones is 1. The number of nitrogens with one attached hydrogen (secondary N) is 1. The Morgan fingerprint density at radius 3 is 2.36 bits per heavy atom. The van der Waals surface area contributed by atoms with Gasteiger partial charge in [-0.25, -0.2) is 0 Å². The van der Waals surface area contributed by atoms with Crippen molar-refractivity contribution in [2.75, 3.05) is 26.3 Å². The molecule has 0 amide bonds. The molecule has 1 aliphatic carbocycles. The first-order valence-electron chi connectivity index (χ1n) is 11.6. The molecule has 3 aromatic rings. The van der Waals surface area contributed by atoms with Gasteiger partial charge in [0.05, 0.1) is 24.3 Å². The summed E-state index contributed by atoms with van der Waals surface area (Å²) in [5.41, 5.74) is 5.39. The number of carbonyl (C=O) groups excluding carboxylic acids is 1. The highest BCUT2D eigenvalue weighted by Gasteiger charge is 2.39. The molecule has 0 radical (unpaired) electrons. The van der Waals surface area contributed by atoms with Crippen molar-refractivity contribution in [2.45, 2.75) is 24.7 Å². The zero-order valence-corrected chi connectivity index (χ0v) is 21.2. The van der Waals surface area contributed by atoms with Crippen LogP contribution < -0.4 is 24.3 Å². The monoisotopic (exact) mass is 523 g/mol. The van der Waals surface area contributed by atoms with E-state index in [-0.39, 0.29) is 24.4 Å². The molecule has 6 nitrogen and oxygen atoms in total. The number of hydrogen-bond donors (Lipinski definition) is 1. The van der Waals surface area contributed by atoms with Crippen LogP contribution in [0.2, 0.25) is 10.0 Å². The van der Waals surface area contributed by atoms with Crippen molar-refractivity contribution in [2.24, 2.45) is 0 Å². The summed E-state index contributed by atoms with van der Waals surface area (Å²) < 4.78 is 22.2. The van der Waals surface area contributed by atoms with Crippen LogP contribution in [0.5, 0.6) is 23.0 Å². The third kappa shape index (κ3) is 3.76. The number of hydrogen-bond acceptors (Lipinski definition) is 6. The van der Waals surface area contributed by atoms with Gasteiger partial charge in [-0.1, -0.05) is 35.3 Å². The van der Waals surface area contributed by atoms with Gasteiger partial charge >= 0.3 is 0 Å². The summed E-state index contributed by atoms with van der Waals surface area (Å²) >= 11 is 12.6. The van der Waals surface area contributed by atoms with E-state index in [1.54, 1.807) is 20.3 Å². The van der Waals surface area contributed by atoms with Crippen molar-refractivity contribution in [1.29, 1.82) is 0 Å². The van der Waals surface area contributed by atoms with Crippen LogP contribution in [0.1, 0.15) is 41.4 Å². The molecule has 0 spiro atoms. The maximum absolute atomic E-state index is 13.8. The number of carbonyl (C=O) groups is 1. The quantitative estimate of drug-likeness (QED) is 0.410. The Bertz CT molecular complexity index is 1430. The van der Waals surface area contributed by atoms with Crippen LogP contribution >= 0.6 is 23.2 Å². The number of rotatable bonds is 4. The first-order valence-corrected chi connectivity index (χ1v) is 12.4. The highest BCUT2D eigenvalue weighted by atomic mass is 35.5. The molecule has 2 atom stereocenters. The number of allylic oxidation sites excluding steroid dienone is 2. The number of methoxy groups -OCH3 is 2. The Morgan fingerprint density at radius 2 is 1.61 bits per heavy atom. The largest absolute Gasteiger partial charge is 0.493 e. The predicted octanol–water partition coefficient (Wildman–Crippen LogP) is 6.70. The summed E-state index contributed by atoms with van der Waals surface area (Å²) in [7, 11) is 3.22. The van der Waals surface area contributed by atoms with Gasteiger partial charge in [-0.15, -0.1) is 0 Å². The Hall–Kier alpha value is -3.35. The van der Waals surface area contributed by atoms with Crippen molar-refractivity contribution in [1.82, 2.24) is 0 Å². The first-order chi connectivity index (χ1) is 17.5. The van der Waals surface area contributed by atoms with E-state index >= 15 is 0 Å². The molecule has 0 bridgehead atoms. The lowest BCUT2D eigenvalue weighted by molar-refractivity contribution is -0.116. The molecule has 6 rings (SSSR count). The van der Waals surface area contributed by atoms with Gasteiger partial charge in [-0.3, -0.25) is 4.79 Å². The van der Waals surface area contributed by atoms with E-state index in [0.29, 0.717) is 45.9 Å². The van der Waals surface area contributed by atoms with Crippen molar-refractivity contribution in [3.8, 4) is 23.0 Å². The molecule has 0 fully saturated rings. The number of benzene rings is 3. The molecule has 0 saturated carbocycles. The smallest absolute Gasteiger partial charge is 0.231 e. The lowest BCUT2D eigenvalue weighted by Gasteiger charge is -2.37. The molecule has 8 heteroatoms. The fourth-order valence-electron chi connectivity index (χ4n) is 5.39. The van der Waals surface area contributed by atoms with Crippen LogP contribution in [0.15, 0.2) is 59.8 Å². The maximum Gasteiger partial charge on any atom is 0.231 e. The number of Topliss-reactive ketones (excluding diaryl/α,β-unsaturated/α-hetero) is 1. The van der Waals surface area contributed by atoms with Crippen LogP contribution in [0.3, 0.4) is 0 Å². The van der Waals surface area contributed by atoms with E-state index in [9.17, 15) is 4.79 Å². The van der Waals surface area contributed by atoms with Gasteiger partial charge in [0.25, 0.3) is 0 Å². The summed E-state index contributed by atoms with van der Waals surface area (Å²) in [6.07, 6.45) is 1.05. The first kappa shape index (κ1) is 23.1. The topological polar surface area (TPSA) is 66.0 Å². The average Bonchev–Trinajstić information content (AvgIpc) is 3.34. The van der Waals surface area contributed by atoms with Crippen LogP contribution in [0.25, 0.3) is 0 Å². The molecule has 2 heterocycles. The molecule has 1 N–H and O–H groups in total. The van der Waals surface area contributed by atoms with Crippen molar-refractivity contribution >= 4 is 34.7 Å². The standard InChI is InChI=1S/C28H23Cl2NO5/c1-33-23-6-4-14(10-24(23)34-2)16-8-21-28(22(32)9-16)27(15-3-5-18(29)19(30)7-15)17-11-25-26(36-13-35-25)12-20(17)31-21/h3-7,10-12,16,27,31H,8-9,13H2,1-2H3/t16-,27-/m1/s1. The summed E-state index contributed by atoms with van der Waals surface area (Å²) in [5.74, 6) is 2.41. The van der Waals surface area contributed by atoms with Crippen molar-refractivity contribution in [3.63, 3.8) is 0 Å². The lowest BCUT2D eigenvalue weighted by Crippen LogP contribution is -2.29. The highest BCUT2D eigenvalue weighted by molar-refractivity contribution is 6.42. The third-order valence-corrected chi connectivity index (χ3v) is 7.83. The van der Waals surface area contributed by atoms with Gasteiger partial charge in [0.2, 0.25) is 6.79 Å². The van der Waals surface area contributed by atoms with Gasteiger partial charge in [0.1, 0.15) is 0 Å². The van der Waals surface area contributed by atoms with Crippen molar-refractivity contribution in [3.05, 3.63) is 86.5 Å². The van der Waals surface area contributed by atoms with Crippen LogP contribution in [0.4, 0.5) is 5.69 Å². The number of fused-ring (bicyclic) bond motifs is 2. The number of ether oxygens (including phenoxy) is 4. The summed E-state index contributed by atoms with van der Waals surface area (Å²) in [6, 6.07) is 15.3. The lowest BCUT2D eigenvalue weighted by atomic mass is 9.72. The molecule has 3 aromatic carbocycles. The molecule has 3 aliphatic rings. The molecular formula is C28H23Cl2NO5. The minimum absolute atomic E-state index is 0.00595. The SMILES string of the molecule is COc1ccc([C@H]2CC(=O)C3=C(C2)Nc2cc4c(cc2[C@H]3c2ccc(Cl)c(Cl)c2)OCO4)cc1OC. The fourth-order valence-corrected chi connectivity index (χ4v) is 5.69. The Morgan fingerprint density at radius 1 is 0.861 bits per heavy atom. The Kier molecular flexibility index (Phi) is 5.73. The molecule has 184 valence electrons. The van der Waals surface area contributed by atoms with E-state index in [1.165, 1.54) is 0 Å². The minimum atomic E-state index is -0.306. The zero-order valence-electron chi connectivity index (χ0n) is 19.7. The minimum Gasteiger partial charge on any atom is -0.493 e. The van der Waals surface area contributed by atoms with Crippen LogP contribution in [-0.2, 0) is 4.79 Å². The summed E-state index contributed by atoms with van der Waals surface area (Å²) in [6.45, 7) is 0.170. The van der Waals surface area contributed by atoms with E-state index in [1.807, 2.05) is 42.5 Å². The van der Waals surface area contributed by atoms with Gasteiger partial charge in [0, 0.05) is 35.4 Å². The van der Waals surface area contributed by atoms with E-state index in [4.69, 9.17) is 42.1 Å². The van der Waals surface area contributed by atoms with E-state index < -0.39 is 0 Å². The van der Waals surface area contributed by atoms with Crippen LogP contribution in [0, 0.1) is 0 Å². The van der Waals surface area contributed by atoms with Gasteiger partial charge < -0.3 is 24.3 Å². The van der Waals surface area contributed by atoms with Crippen LogP contribution in [-0.4, -0.2) is 26.8 Å². The molecular weight excluding hydrogens is 501 g/mol. The number of halogens is 2. The van der Waals surface area contributed by atoms with Gasteiger partial charge in [-0.05, 0) is 59.4 Å². The van der Waals surface area contributed by atoms with E-state index in [0.717, 1.165) is 33.6 Å². The van der Waals surface area contributed by atoms with Crippen molar-refractivity contribution < 1.29 is 23.7 Å². The summed E-state index contributed by atoms with van der Waals surface area (Å²) in [4.78, 5) is 13.8. The summed E-state index contributed by atoms with van der Waals surface area (Å²) in [5, 5.41) is 4.46. The fraction of sp³-hybridized carbons (Fsp3) is 0.250. The Balaban J connectivity index is 1.46.